The molecule has 0 aliphatic heterocycles. The molecule has 4 rings (SSSR count). The molecule has 0 aliphatic rings. The summed E-state index contributed by atoms with van der Waals surface area (Å²) in [6.07, 6.45) is 1.76. The molecule has 180 valence electrons. The molecule has 0 fully saturated rings. The summed E-state index contributed by atoms with van der Waals surface area (Å²) < 4.78 is 41.2. The van der Waals surface area contributed by atoms with Gasteiger partial charge in [0.2, 0.25) is 0 Å². The van der Waals surface area contributed by atoms with E-state index in [0.29, 0.717) is 32.8 Å². The molecule has 1 N–H and O–H groups in total. The van der Waals surface area contributed by atoms with E-state index in [9.17, 15) is 22.4 Å². The molecule has 35 heavy (non-hydrogen) atoms. The van der Waals surface area contributed by atoms with Crippen molar-refractivity contribution in [3.8, 4) is 5.69 Å². The Balaban J connectivity index is 1.57. The van der Waals surface area contributed by atoms with E-state index in [0.717, 1.165) is 23.0 Å². The Kier molecular flexibility index (Phi) is 7.02. The molecule has 0 saturated heterocycles. The number of hydrogen-bond acceptors (Lipinski definition) is 6. The first-order chi connectivity index (χ1) is 16.6. The van der Waals surface area contributed by atoms with Gasteiger partial charge < -0.3 is 5.41 Å². The van der Waals surface area contributed by atoms with Gasteiger partial charge in [0.05, 0.1) is 10.0 Å². The monoisotopic (exact) mass is 530 g/mol. The lowest BCUT2D eigenvalue weighted by atomic mass is 10.0. The number of hydrogen-bond donors (Lipinski definition) is 1. The molecule has 0 aliphatic carbocycles. The van der Waals surface area contributed by atoms with Crippen LogP contribution in [0.15, 0.2) is 69.8 Å². The van der Waals surface area contributed by atoms with E-state index >= 15 is 0 Å². The van der Waals surface area contributed by atoms with Crippen LogP contribution >= 0.6 is 22.9 Å². The van der Waals surface area contributed by atoms with Crippen LogP contribution in [0.25, 0.3) is 16.5 Å². The summed E-state index contributed by atoms with van der Waals surface area (Å²) in [5, 5.41) is 9.02. The number of carbonyl (C=O) groups is 1. The highest BCUT2D eigenvalue weighted by Crippen LogP contribution is 2.26. The number of carbonyl (C=O) groups excluding carboxylic acids is 1. The van der Waals surface area contributed by atoms with Gasteiger partial charge in [0.1, 0.15) is 15.8 Å². The van der Waals surface area contributed by atoms with E-state index in [1.54, 1.807) is 24.3 Å². The first-order valence-corrected chi connectivity index (χ1v) is 13.5. The predicted molar refractivity (Wildman–Crippen MR) is 137 cm³/mol. The van der Waals surface area contributed by atoms with E-state index in [1.807, 2.05) is 6.92 Å². The molecule has 2 heterocycles. The summed E-state index contributed by atoms with van der Waals surface area (Å²) in [7, 11) is -3.82. The minimum Gasteiger partial charge on any atom is -0.305 e. The summed E-state index contributed by atoms with van der Waals surface area (Å²) in [6, 6.07) is 13.6. The maximum atomic E-state index is 15.0. The molecule has 0 bridgehead atoms. The third kappa shape index (κ3) is 5.27. The van der Waals surface area contributed by atoms with Gasteiger partial charge in [0.15, 0.2) is 15.6 Å². The van der Waals surface area contributed by atoms with Crippen LogP contribution in [0.3, 0.4) is 0 Å². The van der Waals surface area contributed by atoms with Crippen molar-refractivity contribution in [2.24, 2.45) is 0 Å². The number of aromatic nitrogens is 1. The maximum absolute atomic E-state index is 15.0. The standard InChI is InChI=1S/C25H20ClFN2O4S2/c1-2-21(28)17-4-5-19-16(13-17)9-10-29(25(19)31)22-6-3-15(12-20(22)27)11-18(30)14-35(32,33)24-8-7-23(26)34-24/h3-10,12-13,28H,2,11,14H2,1H3. The average molecular weight is 531 g/mol. The Labute approximate surface area is 210 Å². The van der Waals surface area contributed by atoms with Gasteiger partial charge in [-0.25, -0.2) is 12.8 Å². The topological polar surface area (TPSA) is 97.1 Å². The van der Waals surface area contributed by atoms with Crippen molar-refractivity contribution >= 4 is 55.0 Å². The van der Waals surface area contributed by atoms with E-state index in [-0.39, 0.29) is 16.3 Å². The number of fused-ring (bicyclic) bond motifs is 1. The van der Waals surface area contributed by atoms with Crippen molar-refractivity contribution in [1.29, 1.82) is 5.41 Å². The highest BCUT2D eigenvalue weighted by Gasteiger charge is 2.22. The second-order valence-electron chi connectivity index (χ2n) is 7.94. The lowest BCUT2D eigenvalue weighted by Gasteiger charge is -2.11. The molecular weight excluding hydrogens is 511 g/mol. The lowest BCUT2D eigenvalue weighted by molar-refractivity contribution is -0.116. The minimum absolute atomic E-state index is 0.00622. The van der Waals surface area contributed by atoms with Crippen molar-refractivity contribution in [1.82, 2.24) is 4.57 Å². The number of halogens is 2. The van der Waals surface area contributed by atoms with Crippen molar-refractivity contribution < 1.29 is 17.6 Å². The second-order valence-corrected chi connectivity index (χ2v) is 11.9. The number of Topliss-reactive ketones (excluding diaryl/α,β-unsaturated/α-hetero) is 1. The Morgan fingerprint density at radius 1 is 1.11 bits per heavy atom. The highest BCUT2D eigenvalue weighted by atomic mass is 35.5. The van der Waals surface area contributed by atoms with Crippen LogP contribution in [-0.4, -0.2) is 30.2 Å². The number of nitrogens with one attached hydrogen (secondary N) is 1. The quantitative estimate of drug-likeness (QED) is 0.316. The number of nitrogens with zero attached hydrogens (tertiary/aromatic N) is 1. The number of benzene rings is 2. The first kappa shape index (κ1) is 25.0. The second kappa shape index (κ2) is 9.85. The van der Waals surface area contributed by atoms with Gasteiger partial charge in [-0.15, -0.1) is 11.3 Å². The SMILES string of the molecule is CCC(=N)c1ccc2c(=O)n(-c3ccc(CC(=O)CS(=O)(=O)c4ccc(Cl)s4)cc3F)ccc2c1. The fourth-order valence-electron chi connectivity index (χ4n) is 3.71. The van der Waals surface area contributed by atoms with Crippen LogP contribution in [0.1, 0.15) is 24.5 Å². The molecule has 0 atom stereocenters. The van der Waals surface area contributed by atoms with Crippen LogP contribution in [0.2, 0.25) is 4.34 Å². The molecule has 0 unspecified atom stereocenters. The fourth-order valence-corrected chi connectivity index (χ4v) is 6.52. The zero-order valence-corrected chi connectivity index (χ0v) is 20.9. The molecule has 0 spiro atoms. The van der Waals surface area contributed by atoms with E-state index in [2.05, 4.69) is 0 Å². The van der Waals surface area contributed by atoms with Crippen molar-refractivity contribution in [2.45, 2.75) is 24.0 Å². The molecule has 6 nitrogen and oxygen atoms in total. The van der Waals surface area contributed by atoms with Gasteiger partial charge in [0.25, 0.3) is 5.56 Å². The Morgan fingerprint density at radius 3 is 2.54 bits per heavy atom. The molecule has 4 aromatic rings. The van der Waals surface area contributed by atoms with Crippen LogP contribution in [0, 0.1) is 11.2 Å². The normalized spacial score (nSPS) is 11.6. The van der Waals surface area contributed by atoms with Gasteiger partial charge in [-0.2, -0.15) is 0 Å². The highest BCUT2D eigenvalue weighted by molar-refractivity contribution is 7.94. The number of rotatable bonds is 8. The van der Waals surface area contributed by atoms with Gasteiger partial charge in [-0.3, -0.25) is 14.2 Å². The molecule has 0 saturated carbocycles. The van der Waals surface area contributed by atoms with Crippen molar-refractivity contribution in [2.75, 3.05) is 5.75 Å². The maximum Gasteiger partial charge on any atom is 0.263 e. The summed E-state index contributed by atoms with van der Waals surface area (Å²) in [5.41, 5.74) is 1.08. The van der Waals surface area contributed by atoms with E-state index in [4.69, 9.17) is 17.0 Å². The van der Waals surface area contributed by atoms with Crippen LogP contribution in [0.4, 0.5) is 4.39 Å². The van der Waals surface area contributed by atoms with Gasteiger partial charge in [-0.05, 0) is 65.4 Å². The lowest BCUT2D eigenvalue weighted by Crippen LogP contribution is -2.19. The fraction of sp³-hybridized carbons (Fsp3) is 0.160. The van der Waals surface area contributed by atoms with E-state index < -0.39 is 32.7 Å². The van der Waals surface area contributed by atoms with Gasteiger partial charge in [0, 0.05) is 23.7 Å². The summed E-state index contributed by atoms with van der Waals surface area (Å²) in [6.45, 7) is 1.88. The van der Waals surface area contributed by atoms with Crippen molar-refractivity contribution in [3.63, 3.8) is 0 Å². The zero-order valence-electron chi connectivity index (χ0n) is 18.5. The number of ketones is 1. The largest absolute Gasteiger partial charge is 0.305 e. The molecular formula is C25H20ClFN2O4S2. The molecule has 0 radical (unpaired) electrons. The third-order valence-corrected chi connectivity index (χ3v) is 8.97. The van der Waals surface area contributed by atoms with Gasteiger partial charge in [-0.1, -0.05) is 30.7 Å². The van der Waals surface area contributed by atoms with Crippen LogP contribution < -0.4 is 5.56 Å². The molecule has 0 amide bonds. The summed E-state index contributed by atoms with van der Waals surface area (Å²) >= 11 is 6.65. The number of pyridine rings is 1. The number of sulfone groups is 1. The van der Waals surface area contributed by atoms with Crippen LogP contribution in [0.5, 0.6) is 0 Å². The van der Waals surface area contributed by atoms with E-state index in [1.165, 1.54) is 35.0 Å². The average Bonchev–Trinajstić information content (AvgIpc) is 3.26. The zero-order chi connectivity index (χ0) is 25.3. The minimum atomic E-state index is -3.82. The Bertz CT molecular complexity index is 1640. The molecule has 2 aromatic carbocycles. The first-order valence-electron chi connectivity index (χ1n) is 10.6. The van der Waals surface area contributed by atoms with Gasteiger partial charge >= 0.3 is 0 Å². The van der Waals surface area contributed by atoms with Crippen molar-refractivity contribution in [3.05, 3.63) is 92.4 Å². The molecule has 10 heteroatoms. The number of thiophene rings is 1. The summed E-state index contributed by atoms with van der Waals surface area (Å²) in [4.78, 5) is 25.4. The Morgan fingerprint density at radius 2 is 1.89 bits per heavy atom. The Hall–Kier alpha value is -3.14. The third-order valence-electron chi connectivity index (χ3n) is 5.48. The predicted octanol–water partition coefficient (Wildman–Crippen LogP) is 5.21. The van der Waals surface area contributed by atoms with Crippen LogP contribution in [-0.2, 0) is 21.1 Å². The molecule has 2 aromatic heterocycles. The summed E-state index contributed by atoms with van der Waals surface area (Å²) in [5.74, 6) is -2.01. The smallest absolute Gasteiger partial charge is 0.263 e.